The number of nitrogens with one attached hydrogen (secondary N) is 1. The van der Waals surface area contributed by atoms with E-state index in [4.69, 9.17) is 5.73 Å². The van der Waals surface area contributed by atoms with Crippen LogP contribution >= 0.6 is 0 Å². The molecule has 0 bridgehead atoms. The summed E-state index contributed by atoms with van der Waals surface area (Å²) in [6.07, 6.45) is 3.15. The third kappa shape index (κ3) is 3.22. The summed E-state index contributed by atoms with van der Waals surface area (Å²) in [6, 6.07) is 8.00. The minimum absolute atomic E-state index is 0.0683. The van der Waals surface area contributed by atoms with Crippen LogP contribution in [0.3, 0.4) is 0 Å². The Morgan fingerprint density at radius 1 is 1.25 bits per heavy atom. The van der Waals surface area contributed by atoms with Gasteiger partial charge in [0.05, 0.1) is 17.6 Å². The van der Waals surface area contributed by atoms with Crippen LogP contribution in [0, 0.1) is 5.82 Å². The van der Waals surface area contributed by atoms with E-state index in [-0.39, 0.29) is 12.1 Å². The van der Waals surface area contributed by atoms with E-state index in [2.05, 4.69) is 15.4 Å². The van der Waals surface area contributed by atoms with Crippen LogP contribution < -0.4 is 16.1 Å². The van der Waals surface area contributed by atoms with Crippen LogP contribution in [0.4, 0.5) is 15.8 Å². The number of amides is 2. The zero-order chi connectivity index (χ0) is 17.1. The molecule has 1 aromatic heterocycles. The first-order valence-electron chi connectivity index (χ1n) is 7.17. The molecule has 0 aliphatic carbocycles. The first kappa shape index (κ1) is 15.6. The topological polar surface area (TPSA) is 101 Å². The molecule has 1 atom stereocenters. The number of carbonyl (C=O) groups is 2. The zero-order valence-electron chi connectivity index (χ0n) is 12.5. The maximum absolute atomic E-state index is 13.1. The largest absolute Gasteiger partial charge is 0.368 e. The van der Waals surface area contributed by atoms with Crippen LogP contribution in [0.2, 0.25) is 0 Å². The summed E-state index contributed by atoms with van der Waals surface area (Å²) in [4.78, 5) is 27.9. The Bertz CT molecular complexity index is 792. The number of hydrogen-bond acceptors (Lipinski definition) is 5. The Hall–Kier alpha value is -3.29. The SMILES string of the molecule is NC(=O)[C@H]1CC(C(=O)Nc2cccnc2)=NN1c1ccc(F)cc1. The van der Waals surface area contributed by atoms with Gasteiger partial charge in [-0.1, -0.05) is 0 Å². The van der Waals surface area contributed by atoms with E-state index in [1.54, 1.807) is 18.3 Å². The molecule has 1 aromatic carbocycles. The lowest BCUT2D eigenvalue weighted by Gasteiger charge is -2.20. The van der Waals surface area contributed by atoms with Gasteiger partial charge in [0, 0.05) is 12.6 Å². The molecule has 0 saturated carbocycles. The number of nitrogens with two attached hydrogens (primary N) is 1. The number of nitrogens with zero attached hydrogens (tertiary/aromatic N) is 3. The van der Waals surface area contributed by atoms with E-state index in [0.717, 1.165) is 0 Å². The molecule has 7 nitrogen and oxygen atoms in total. The molecule has 3 N–H and O–H groups in total. The van der Waals surface area contributed by atoms with E-state index >= 15 is 0 Å². The molecule has 0 radical (unpaired) electrons. The fourth-order valence-corrected chi connectivity index (χ4v) is 2.34. The second-order valence-corrected chi connectivity index (χ2v) is 5.19. The molecule has 0 spiro atoms. The first-order valence-corrected chi connectivity index (χ1v) is 7.17. The molecule has 122 valence electrons. The lowest BCUT2D eigenvalue weighted by molar-refractivity contribution is -0.119. The molecule has 0 fully saturated rings. The number of primary amides is 1. The molecule has 1 aliphatic rings. The van der Waals surface area contributed by atoms with Crippen molar-refractivity contribution in [2.24, 2.45) is 10.8 Å². The molecular formula is C16H14FN5O2. The van der Waals surface area contributed by atoms with E-state index in [1.807, 2.05) is 0 Å². The van der Waals surface area contributed by atoms with Gasteiger partial charge >= 0.3 is 0 Å². The number of benzene rings is 1. The number of carbonyl (C=O) groups excluding carboxylic acids is 2. The van der Waals surface area contributed by atoms with E-state index in [0.29, 0.717) is 11.4 Å². The summed E-state index contributed by atoms with van der Waals surface area (Å²) in [7, 11) is 0. The number of aromatic nitrogens is 1. The zero-order valence-corrected chi connectivity index (χ0v) is 12.5. The second-order valence-electron chi connectivity index (χ2n) is 5.19. The quantitative estimate of drug-likeness (QED) is 0.883. The number of pyridine rings is 1. The van der Waals surface area contributed by atoms with E-state index in [1.165, 1.54) is 35.5 Å². The highest BCUT2D eigenvalue weighted by molar-refractivity contribution is 6.44. The lowest BCUT2D eigenvalue weighted by atomic mass is 10.1. The van der Waals surface area contributed by atoms with Gasteiger partial charge in [0.25, 0.3) is 5.91 Å². The fraction of sp³-hybridized carbons (Fsp3) is 0.125. The molecule has 8 heteroatoms. The number of rotatable bonds is 4. The van der Waals surface area contributed by atoms with Gasteiger partial charge in [-0.05, 0) is 36.4 Å². The Labute approximate surface area is 137 Å². The Balaban J connectivity index is 1.83. The molecule has 2 aromatic rings. The van der Waals surface area contributed by atoms with Gasteiger partial charge in [-0.3, -0.25) is 19.6 Å². The van der Waals surface area contributed by atoms with Gasteiger partial charge in [-0.15, -0.1) is 0 Å². The molecular weight excluding hydrogens is 313 g/mol. The summed E-state index contributed by atoms with van der Waals surface area (Å²) in [5, 5.41) is 8.17. The van der Waals surface area contributed by atoms with Gasteiger partial charge in [-0.2, -0.15) is 5.10 Å². The van der Waals surface area contributed by atoms with Crippen LogP contribution in [0.1, 0.15) is 6.42 Å². The molecule has 0 saturated heterocycles. The third-order valence-corrected chi connectivity index (χ3v) is 3.51. The summed E-state index contributed by atoms with van der Waals surface area (Å²) < 4.78 is 13.1. The second kappa shape index (κ2) is 6.45. The maximum atomic E-state index is 13.1. The number of anilines is 2. The Morgan fingerprint density at radius 3 is 2.62 bits per heavy atom. The van der Waals surface area contributed by atoms with Crippen molar-refractivity contribution in [1.29, 1.82) is 0 Å². The van der Waals surface area contributed by atoms with Gasteiger partial charge in [-0.25, -0.2) is 4.39 Å². The Kier molecular flexibility index (Phi) is 4.19. The highest BCUT2D eigenvalue weighted by atomic mass is 19.1. The highest BCUT2D eigenvalue weighted by Gasteiger charge is 2.35. The molecule has 2 heterocycles. The van der Waals surface area contributed by atoms with E-state index in [9.17, 15) is 14.0 Å². The van der Waals surface area contributed by atoms with Crippen molar-refractivity contribution in [2.45, 2.75) is 12.5 Å². The fourth-order valence-electron chi connectivity index (χ4n) is 2.34. The minimum Gasteiger partial charge on any atom is -0.368 e. The molecule has 1 aliphatic heterocycles. The highest BCUT2D eigenvalue weighted by Crippen LogP contribution is 2.25. The molecule has 2 amide bonds. The van der Waals surface area contributed by atoms with Crippen LogP contribution in [-0.4, -0.2) is 28.6 Å². The van der Waals surface area contributed by atoms with Crippen LogP contribution in [0.5, 0.6) is 0 Å². The molecule has 0 unspecified atom stereocenters. The Morgan fingerprint density at radius 2 is 2.00 bits per heavy atom. The summed E-state index contributed by atoms with van der Waals surface area (Å²) in [5.41, 5.74) is 6.55. The van der Waals surface area contributed by atoms with Crippen molar-refractivity contribution < 1.29 is 14.0 Å². The van der Waals surface area contributed by atoms with Crippen LogP contribution in [0.15, 0.2) is 53.9 Å². The average molecular weight is 327 g/mol. The van der Waals surface area contributed by atoms with Crippen molar-refractivity contribution in [2.75, 3.05) is 10.3 Å². The van der Waals surface area contributed by atoms with Gasteiger partial charge in [0.2, 0.25) is 5.91 Å². The predicted molar refractivity (Wildman–Crippen MR) is 86.8 cm³/mol. The van der Waals surface area contributed by atoms with E-state index < -0.39 is 23.7 Å². The van der Waals surface area contributed by atoms with Crippen molar-refractivity contribution >= 4 is 28.9 Å². The average Bonchev–Trinajstić information content (AvgIpc) is 3.02. The monoisotopic (exact) mass is 327 g/mol. The third-order valence-electron chi connectivity index (χ3n) is 3.51. The smallest absolute Gasteiger partial charge is 0.272 e. The number of halogens is 1. The molecule has 24 heavy (non-hydrogen) atoms. The summed E-state index contributed by atoms with van der Waals surface area (Å²) in [6.45, 7) is 0. The number of hydrazone groups is 1. The van der Waals surface area contributed by atoms with Crippen molar-refractivity contribution in [3.05, 3.63) is 54.6 Å². The van der Waals surface area contributed by atoms with Crippen molar-refractivity contribution in [1.82, 2.24) is 4.98 Å². The van der Waals surface area contributed by atoms with Crippen molar-refractivity contribution in [3.63, 3.8) is 0 Å². The van der Waals surface area contributed by atoms with Crippen molar-refractivity contribution in [3.8, 4) is 0 Å². The van der Waals surface area contributed by atoms with Crippen LogP contribution in [-0.2, 0) is 9.59 Å². The predicted octanol–water partition coefficient (Wildman–Crippen LogP) is 1.28. The van der Waals surface area contributed by atoms with Gasteiger partial charge < -0.3 is 11.1 Å². The number of hydrogen-bond donors (Lipinski definition) is 2. The van der Waals surface area contributed by atoms with Crippen LogP contribution in [0.25, 0.3) is 0 Å². The van der Waals surface area contributed by atoms with Gasteiger partial charge in [0.1, 0.15) is 17.6 Å². The summed E-state index contributed by atoms with van der Waals surface area (Å²) >= 11 is 0. The standard InChI is InChI=1S/C16H14FN5O2/c17-10-3-5-12(6-4-10)22-14(15(18)23)8-13(21-22)16(24)20-11-2-1-7-19-9-11/h1-7,9,14H,8H2,(H2,18,23)(H,20,24)/t14-/m1/s1. The molecule has 3 rings (SSSR count). The normalized spacial score (nSPS) is 16.6. The maximum Gasteiger partial charge on any atom is 0.272 e. The first-order chi connectivity index (χ1) is 11.5. The lowest BCUT2D eigenvalue weighted by Crippen LogP contribution is -2.39. The summed E-state index contributed by atoms with van der Waals surface area (Å²) in [5.74, 6) is -1.47. The van der Waals surface area contributed by atoms with Gasteiger partial charge in [0.15, 0.2) is 0 Å². The minimum atomic E-state index is -0.801.